The highest BCUT2D eigenvalue weighted by atomic mass is 32.1. The summed E-state index contributed by atoms with van der Waals surface area (Å²) in [7, 11) is 1.73. The van der Waals surface area contributed by atoms with E-state index >= 15 is 0 Å². The van der Waals surface area contributed by atoms with Gasteiger partial charge < -0.3 is 4.90 Å². The number of carbonyl (C=O) groups excluding carboxylic acids is 1. The summed E-state index contributed by atoms with van der Waals surface area (Å²) in [6.07, 6.45) is 0.780. The minimum atomic E-state index is -0.225. The standard InChI is InChI=1S/C18H20N4O2S/c1-4-11-22-16(23)10-9-14(20-22)18(24)21(3)12(2)17-19-13-7-5-6-8-15(13)25-17/h5-10,12H,4,11H2,1-3H3/t12-/m1/s1. The summed E-state index contributed by atoms with van der Waals surface area (Å²) < 4.78 is 2.43. The molecule has 0 N–H and O–H groups in total. The van der Waals surface area contributed by atoms with Crippen LogP contribution in [-0.2, 0) is 6.54 Å². The first-order valence-corrected chi connectivity index (χ1v) is 9.03. The number of aryl methyl sites for hydroxylation is 1. The molecule has 3 rings (SSSR count). The van der Waals surface area contributed by atoms with Crippen molar-refractivity contribution in [1.82, 2.24) is 19.7 Å². The smallest absolute Gasteiger partial charge is 0.274 e. The molecule has 0 bridgehead atoms. The largest absolute Gasteiger partial charge is 0.331 e. The summed E-state index contributed by atoms with van der Waals surface area (Å²) in [4.78, 5) is 30.8. The van der Waals surface area contributed by atoms with E-state index in [-0.39, 0.29) is 23.2 Å². The first kappa shape index (κ1) is 17.3. The van der Waals surface area contributed by atoms with E-state index in [0.29, 0.717) is 6.54 Å². The molecule has 2 aromatic heterocycles. The van der Waals surface area contributed by atoms with Crippen LogP contribution in [0.15, 0.2) is 41.2 Å². The Morgan fingerprint density at radius 1 is 1.28 bits per heavy atom. The lowest BCUT2D eigenvalue weighted by Gasteiger charge is -2.23. The molecule has 3 aromatic rings. The van der Waals surface area contributed by atoms with Gasteiger partial charge in [-0.15, -0.1) is 11.3 Å². The number of nitrogens with zero attached hydrogens (tertiary/aromatic N) is 4. The van der Waals surface area contributed by atoms with E-state index in [2.05, 4.69) is 10.1 Å². The molecule has 6 nitrogen and oxygen atoms in total. The molecule has 1 aromatic carbocycles. The molecule has 1 amide bonds. The minimum absolute atomic E-state index is 0.182. The van der Waals surface area contributed by atoms with Crippen LogP contribution in [0, 0.1) is 0 Å². The highest BCUT2D eigenvalue weighted by Gasteiger charge is 2.23. The Bertz CT molecular complexity index is 930. The van der Waals surface area contributed by atoms with Crippen LogP contribution in [0.2, 0.25) is 0 Å². The Labute approximate surface area is 149 Å². The van der Waals surface area contributed by atoms with E-state index in [4.69, 9.17) is 0 Å². The third kappa shape index (κ3) is 3.46. The van der Waals surface area contributed by atoms with Gasteiger partial charge in [-0.1, -0.05) is 19.1 Å². The monoisotopic (exact) mass is 356 g/mol. The van der Waals surface area contributed by atoms with Gasteiger partial charge in [-0.3, -0.25) is 9.59 Å². The van der Waals surface area contributed by atoms with Crippen molar-refractivity contribution in [3.8, 4) is 0 Å². The van der Waals surface area contributed by atoms with Gasteiger partial charge in [0.05, 0.1) is 16.3 Å². The third-order valence-corrected chi connectivity index (χ3v) is 5.30. The molecule has 0 fully saturated rings. The summed E-state index contributed by atoms with van der Waals surface area (Å²) >= 11 is 1.58. The fourth-order valence-electron chi connectivity index (χ4n) is 2.53. The molecule has 0 saturated carbocycles. The highest BCUT2D eigenvalue weighted by Crippen LogP contribution is 2.29. The van der Waals surface area contributed by atoms with Gasteiger partial charge in [0, 0.05) is 19.7 Å². The Balaban J connectivity index is 1.86. The fourth-order valence-corrected chi connectivity index (χ4v) is 3.59. The minimum Gasteiger partial charge on any atom is -0.331 e. The molecular formula is C18H20N4O2S. The summed E-state index contributed by atoms with van der Waals surface area (Å²) in [5.41, 5.74) is 1.01. The molecule has 0 spiro atoms. The van der Waals surface area contributed by atoms with Gasteiger partial charge in [0.2, 0.25) is 0 Å². The van der Waals surface area contributed by atoms with E-state index in [1.807, 2.05) is 38.1 Å². The van der Waals surface area contributed by atoms with Gasteiger partial charge in [0.1, 0.15) is 10.7 Å². The molecular weight excluding hydrogens is 336 g/mol. The van der Waals surface area contributed by atoms with Crippen LogP contribution in [0.3, 0.4) is 0 Å². The molecule has 1 atom stereocenters. The van der Waals surface area contributed by atoms with Gasteiger partial charge in [0.25, 0.3) is 11.5 Å². The van der Waals surface area contributed by atoms with Crippen LogP contribution in [-0.4, -0.2) is 32.6 Å². The molecule has 0 aliphatic carbocycles. The quantitative estimate of drug-likeness (QED) is 0.704. The van der Waals surface area contributed by atoms with Crippen LogP contribution < -0.4 is 5.56 Å². The number of carbonyl (C=O) groups is 1. The zero-order valence-electron chi connectivity index (χ0n) is 14.5. The molecule has 0 saturated heterocycles. The first-order valence-electron chi connectivity index (χ1n) is 8.22. The maximum atomic E-state index is 12.8. The van der Waals surface area contributed by atoms with Crippen molar-refractivity contribution in [3.63, 3.8) is 0 Å². The summed E-state index contributed by atoms with van der Waals surface area (Å²) in [6, 6.07) is 10.6. The molecule has 0 unspecified atom stereocenters. The number of amides is 1. The van der Waals surface area contributed by atoms with E-state index in [1.54, 1.807) is 23.3 Å². The van der Waals surface area contributed by atoms with Crippen molar-refractivity contribution in [2.24, 2.45) is 0 Å². The van der Waals surface area contributed by atoms with Crippen LogP contribution in [0.1, 0.15) is 41.8 Å². The second-order valence-electron chi connectivity index (χ2n) is 5.89. The number of aromatic nitrogens is 3. The molecule has 0 radical (unpaired) electrons. The molecule has 0 aliphatic rings. The Morgan fingerprint density at radius 3 is 2.76 bits per heavy atom. The van der Waals surface area contributed by atoms with Gasteiger partial charge >= 0.3 is 0 Å². The van der Waals surface area contributed by atoms with Crippen molar-refractivity contribution >= 4 is 27.5 Å². The summed E-state index contributed by atoms with van der Waals surface area (Å²) in [6.45, 7) is 4.40. The van der Waals surface area contributed by atoms with E-state index in [0.717, 1.165) is 21.6 Å². The van der Waals surface area contributed by atoms with Gasteiger partial charge in [0.15, 0.2) is 0 Å². The fraction of sp³-hybridized carbons (Fsp3) is 0.333. The van der Waals surface area contributed by atoms with Gasteiger partial charge in [-0.25, -0.2) is 9.67 Å². The number of para-hydroxylation sites is 1. The predicted molar refractivity (Wildman–Crippen MR) is 98.9 cm³/mol. The lowest BCUT2D eigenvalue weighted by Crippen LogP contribution is -2.33. The van der Waals surface area contributed by atoms with Crippen molar-refractivity contribution < 1.29 is 4.79 Å². The van der Waals surface area contributed by atoms with Crippen LogP contribution in [0.5, 0.6) is 0 Å². The maximum absolute atomic E-state index is 12.8. The second kappa shape index (κ2) is 7.14. The van der Waals surface area contributed by atoms with Crippen molar-refractivity contribution in [2.45, 2.75) is 32.9 Å². The second-order valence-corrected chi connectivity index (χ2v) is 6.95. The zero-order valence-corrected chi connectivity index (χ0v) is 15.3. The molecule has 130 valence electrons. The van der Waals surface area contributed by atoms with Crippen molar-refractivity contribution in [1.29, 1.82) is 0 Å². The average Bonchev–Trinajstić information content (AvgIpc) is 3.06. The Hall–Kier alpha value is -2.54. The van der Waals surface area contributed by atoms with Crippen molar-refractivity contribution in [3.05, 3.63) is 57.5 Å². The average molecular weight is 356 g/mol. The van der Waals surface area contributed by atoms with Crippen LogP contribution in [0.4, 0.5) is 0 Å². The molecule has 25 heavy (non-hydrogen) atoms. The lowest BCUT2D eigenvalue weighted by molar-refractivity contribution is 0.0733. The summed E-state index contributed by atoms with van der Waals surface area (Å²) in [5, 5.41) is 5.07. The van der Waals surface area contributed by atoms with E-state index in [1.165, 1.54) is 16.8 Å². The number of fused-ring (bicyclic) bond motifs is 1. The first-order chi connectivity index (χ1) is 12.0. The topological polar surface area (TPSA) is 68.1 Å². The Morgan fingerprint density at radius 2 is 2.04 bits per heavy atom. The highest BCUT2D eigenvalue weighted by molar-refractivity contribution is 7.18. The Kier molecular flexibility index (Phi) is 4.94. The molecule has 7 heteroatoms. The maximum Gasteiger partial charge on any atom is 0.274 e. The lowest BCUT2D eigenvalue weighted by atomic mass is 10.2. The van der Waals surface area contributed by atoms with Crippen LogP contribution in [0.25, 0.3) is 10.2 Å². The SMILES string of the molecule is CCCn1nc(C(=O)N(C)[C@H](C)c2nc3ccccc3s2)ccc1=O. The van der Waals surface area contributed by atoms with Crippen LogP contribution >= 0.6 is 11.3 Å². The van der Waals surface area contributed by atoms with Gasteiger partial charge in [-0.2, -0.15) is 5.10 Å². The zero-order chi connectivity index (χ0) is 18.0. The number of hydrogen-bond donors (Lipinski definition) is 0. The number of thiazole rings is 1. The molecule has 2 heterocycles. The summed E-state index contributed by atoms with van der Waals surface area (Å²) in [5.74, 6) is -0.225. The molecule has 0 aliphatic heterocycles. The number of rotatable bonds is 5. The number of hydrogen-bond acceptors (Lipinski definition) is 5. The van der Waals surface area contributed by atoms with Crippen molar-refractivity contribution in [2.75, 3.05) is 7.05 Å². The number of benzene rings is 1. The van der Waals surface area contributed by atoms with E-state index < -0.39 is 0 Å². The normalized spacial score (nSPS) is 12.3. The van der Waals surface area contributed by atoms with E-state index in [9.17, 15) is 9.59 Å². The predicted octanol–water partition coefficient (Wildman–Crippen LogP) is 3.10. The van der Waals surface area contributed by atoms with Gasteiger partial charge in [-0.05, 0) is 31.5 Å². The third-order valence-electron chi connectivity index (χ3n) is 4.09.